The third-order valence-electron chi connectivity index (χ3n) is 4.12. The van der Waals surface area contributed by atoms with Crippen LogP contribution in [0.15, 0.2) is 27.7 Å². The van der Waals surface area contributed by atoms with Gasteiger partial charge in [0, 0.05) is 12.1 Å². The van der Waals surface area contributed by atoms with Crippen LogP contribution in [0.3, 0.4) is 0 Å². The van der Waals surface area contributed by atoms with Gasteiger partial charge in [-0.2, -0.15) is 4.98 Å². The van der Waals surface area contributed by atoms with Gasteiger partial charge in [0.1, 0.15) is 5.75 Å². The van der Waals surface area contributed by atoms with E-state index >= 15 is 0 Å². The fraction of sp³-hybridized carbons (Fsp3) is 0.526. The molecule has 1 aliphatic rings. The summed E-state index contributed by atoms with van der Waals surface area (Å²) in [6.07, 6.45) is 2.56. The van der Waals surface area contributed by atoms with E-state index in [1.54, 1.807) is 6.92 Å². The molecule has 1 aromatic carbocycles. The third kappa shape index (κ3) is 7.00. The van der Waals surface area contributed by atoms with E-state index in [-0.39, 0.29) is 24.0 Å². The highest BCUT2D eigenvalue weighted by Crippen LogP contribution is 2.30. The van der Waals surface area contributed by atoms with Crippen LogP contribution in [0, 0.1) is 19.8 Å². The van der Waals surface area contributed by atoms with Crippen LogP contribution < -0.4 is 15.4 Å². The molecule has 0 radical (unpaired) electrons. The third-order valence-corrected chi connectivity index (χ3v) is 4.12. The zero-order valence-corrected chi connectivity index (χ0v) is 18.4. The van der Waals surface area contributed by atoms with Crippen molar-refractivity contribution in [3.8, 4) is 5.75 Å². The Hall–Kier alpha value is -1.84. The van der Waals surface area contributed by atoms with Crippen molar-refractivity contribution in [2.24, 2.45) is 10.9 Å². The van der Waals surface area contributed by atoms with Gasteiger partial charge in [-0.25, -0.2) is 4.99 Å². The number of ether oxygens (including phenoxy) is 1. The van der Waals surface area contributed by atoms with E-state index in [0.29, 0.717) is 30.8 Å². The minimum Gasteiger partial charge on any atom is -0.493 e. The molecule has 1 fully saturated rings. The maximum Gasteiger partial charge on any atom is 0.246 e. The minimum atomic E-state index is 0. The molecule has 3 rings (SSSR count). The van der Waals surface area contributed by atoms with Crippen molar-refractivity contribution in [3.63, 3.8) is 0 Å². The van der Waals surface area contributed by atoms with Crippen LogP contribution in [-0.2, 0) is 13.1 Å². The summed E-state index contributed by atoms with van der Waals surface area (Å²) >= 11 is 0. The first-order valence-electron chi connectivity index (χ1n) is 9.17. The number of nitrogens with zero attached hydrogens (tertiary/aromatic N) is 3. The zero-order chi connectivity index (χ0) is 18.4. The normalized spacial score (nSPS) is 13.8. The van der Waals surface area contributed by atoms with Gasteiger partial charge in [-0.15, -0.1) is 24.0 Å². The van der Waals surface area contributed by atoms with Crippen molar-refractivity contribution in [2.45, 2.75) is 46.7 Å². The lowest BCUT2D eigenvalue weighted by molar-refractivity contribution is 0.296. The van der Waals surface area contributed by atoms with Gasteiger partial charge < -0.3 is 19.9 Å². The maximum atomic E-state index is 6.02. The summed E-state index contributed by atoms with van der Waals surface area (Å²) in [5, 5.41) is 10.2. The average Bonchev–Trinajstić information content (AvgIpc) is 3.37. The highest BCUT2D eigenvalue weighted by atomic mass is 127. The van der Waals surface area contributed by atoms with E-state index < -0.39 is 0 Å². The average molecular weight is 485 g/mol. The first-order chi connectivity index (χ1) is 12.6. The lowest BCUT2D eigenvalue weighted by atomic mass is 10.1. The molecule has 0 spiro atoms. The Labute approximate surface area is 177 Å². The van der Waals surface area contributed by atoms with Gasteiger partial charge in [-0.1, -0.05) is 17.3 Å². The van der Waals surface area contributed by atoms with Crippen LogP contribution in [0.5, 0.6) is 5.75 Å². The summed E-state index contributed by atoms with van der Waals surface area (Å²) in [5.74, 6) is 3.53. The molecule has 2 N–H and O–H groups in total. The van der Waals surface area contributed by atoms with Crippen LogP contribution in [0.1, 0.15) is 42.6 Å². The molecule has 0 amide bonds. The molecule has 0 bridgehead atoms. The highest BCUT2D eigenvalue weighted by molar-refractivity contribution is 14.0. The lowest BCUT2D eigenvalue weighted by Crippen LogP contribution is -2.36. The van der Waals surface area contributed by atoms with E-state index in [9.17, 15) is 0 Å². The molecule has 1 saturated carbocycles. The summed E-state index contributed by atoms with van der Waals surface area (Å²) < 4.78 is 11.1. The van der Waals surface area contributed by atoms with Gasteiger partial charge in [0.2, 0.25) is 5.89 Å². The summed E-state index contributed by atoms with van der Waals surface area (Å²) in [4.78, 5) is 8.85. The molecule has 8 heteroatoms. The number of hydrogen-bond donors (Lipinski definition) is 2. The quantitative estimate of drug-likeness (QED) is 0.339. The number of nitrogens with one attached hydrogen (secondary N) is 2. The molecular weight excluding hydrogens is 457 g/mol. The van der Waals surface area contributed by atoms with Crippen molar-refractivity contribution in [3.05, 3.63) is 41.0 Å². The summed E-state index contributed by atoms with van der Waals surface area (Å²) in [6.45, 7) is 8.46. The van der Waals surface area contributed by atoms with Crippen molar-refractivity contribution < 1.29 is 9.26 Å². The van der Waals surface area contributed by atoms with Crippen LogP contribution in [0.25, 0.3) is 0 Å². The van der Waals surface area contributed by atoms with Crippen LogP contribution in [0.2, 0.25) is 0 Å². The number of guanidine groups is 1. The van der Waals surface area contributed by atoms with Gasteiger partial charge in [0.25, 0.3) is 0 Å². The van der Waals surface area contributed by atoms with E-state index in [1.165, 1.54) is 18.4 Å². The van der Waals surface area contributed by atoms with Gasteiger partial charge >= 0.3 is 0 Å². The van der Waals surface area contributed by atoms with Crippen molar-refractivity contribution in [2.75, 3.05) is 13.2 Å². The van der Waals surface area contributed by atoms with Crippen molar-refractivity contribution >= 4 is 29.9 Å². The van der Waals surface area contributed by atoms with Gasteiger partial charge in [0.15, 0.2) is 11.8 Å². The molecule has 2 aromatic rings. The highest BCUT2D eigenvalue weighted by Gasteiger charge is 2.22. The predicted molar refractivity (Wildman–Crippen MR) is 116 cm³/mol. The molecule has 0 saturated heterocycles. The number of benzene rings is 1. The molecule has 0 aliphatic heterocycles. The maximum absolute atomic E-state index is 6.02. The predicted octanol–water partition coefficient (Wildman–Crippen LogP) is 3.35. The number of hydrogen-bond acceptors (Lipinski definition) is 5. The SMILES string of the molecule is CCNC(=NCc1ccc(C)cc1OCC1CC1)NCc1nc(C)no1.I. The molecule has 1 heterocycles. The largest absolute Gasteiger partial charge is 0.493 e. The second-order valence-electron chi connectivity index (χ2n) is 6.65. The molecule has 148 valence electrons. The Bertz CT molecular complexity index is 758. The van der Waals surface area contributed by atoms with E-state index in [1.807, 2.05) is 6.92 Å². The molecule has 7 nitrogen and oxygen atoms in total. The molecule has 0 unspecified atom stereocenters. The summed E-state index contributed by atoms with van der Waals surface area (Å²) in [5.41, 5.74) is 2.28. The zero-order valence-electron chi connectivity index (χ0n) is 16.1. The Balaban J connectivity index is 0.00000261. The van der Waals surface area contributed by atoms with Gasteiger partial charge in [-0.05, 0) is 51.2 Å². The first-order valence-corrected chi connectivity index (χ1v) is 9.17. The number of aromatic nitrogens is 2. The lowest BCUT2D eigenvalue weighted by Gasteiger charge is -2.13. The Morgan fingerprint density at radius 3 is 2.78 bits per heavy atom. The van der Waals surface area contributed by atoms with Crippen molar-refractivity contribution in [1.29, 1.82) is 0 Å². The smallest absolute Gasteiger partial charge is 0.246 e. The Morgan fingerprint density at radius 2 is 2.11 bits per heavy atom. The topological polar surface area (TPSA) is 84.6 Å². The molecular formula is C19H28IN5O2. The summed E-state index contributed by atoms with van der Waals surface area (Å²) in [6, 6.07) is 6.27. The van der Waals surface area contributed by atoms with Crippen molar-refractivity contribution in [1.82, 2.24) is 20.8 Å². The Morgan fingerprint density at radius 1 is 1.30 bits per heavy atom. The Kier molecular flexibility index (Phi) is 8.33. The second-order valence-corrected chi connectivity index (χ2v) is 6.65. The van der Waals surface area contributed by atoms with E-state index in [0.717, 1.165) is 30.4 Å². The van der Waals surface area contributed by atoms with Gasteiger partial charge in [0.05, 0.1) is 19.7 Å². The fourth-order valence-corrected chi connectivity index (χ4v) is 2.50. The van der Waals surface area contributed by atoms with E-state index in [4.69, 9.17) is 9.26 Å². The van der Waals surface area contributed by atoms with Crippen LogP contribution in [0.4, 0.5) is 0 Å². The van der Waals surface area contributed by atoms with E-state index in [2.05, 4.69) is 50.9 Å². The fourth-order valence-electron chi connectivity index (χ4n) is 2.50. The van der Waals surface area contributed by atoms with Crippen LogP contribution in [-0.4, -0.2) is 29.3 Å². The molecule has 27 heavy (non-hydrogen) atoms. The number of aliphatic imine (C=N–C) groups is 1. The monoisotopic (exact) mass is 485 g/mol. The number of halogens is 1. The molecule has 1 aromatic heterocycles. The molecule has 0 atom stereocenters. The number of rotatable bonds is 8. The number of aryl methyl sites for hydroxylation is 2. The first kappa shape index (κ1) is 21.5. The summed E-state index contributed by atoms with van der Waals surface area (Å²) in [7, 11) is 0. The van der Waals surface area contributed by atoms with Crippen LogP contribution >= 0.6 is 24.0 Å². The molecule has 1 aliphatic carbocycles. The second kappa shape index (κ2) is 10.5. The minimum absolute atomic E-state index is 0. The standard InChI is InChI=1S/C19H27N5O2.HI/c1-4-20-19(22-11-18-23-14(3)24-26-18)21-10-16-8-5-13(2)9-17(16)25-12-15-6-7-15;/h5,8-9,15H,4,6-7,10-12H2,1-3H3,(H2,20,21,22);1H. The van der Waals surface area contributed by atoms with Gasteiger partial charge in [-0.3, -0.25) is 0 Å².